The summed E-state index contributed by atoms with van der Waals surface area (Å²) in [7, 11) is 0. The van der Waals surface area contributed by atoms with E-state index in [-0.39, 0.29) is 17.9 Å². The van der Waals surface area contributed by atoms with Crippen LogP contribution in [-0.4, -0.2) is 22.6 Å². The van der Waals surface area contributed by atoms with Crippen molar-refractivity contribution >= 4 is 39.2 Å². The molecule has 0 heterocycles. The number of rotatable bonds is 9. The lowest BCUT2D eigenvalue weighted by molar-refractivity contribution is -0.384. The first-order valence-corrected chi connectivity index (χ1v) is 10.9. The maximum atomic E-state index is 11.1. The third-order valence-electron chi connectivity index (χ3n) is 4.71. The van der Waals surface area contributed by atoms with E-state index in [4.69, 9.17) is 14.6 Å². The molecule has 1 N–H and O–H groups in total. The zero-order valence-electron chi connectivity index (χ0n) is 18.0. The summed E-state index contributed by atoms with van der Waals surface area (Å²) in [5.41, 5.74) is 2.32. The van der Waals surface area contributed by atoms with Crippen LogP contribution < -0.4 is 9.47 Å². The Morgan fingerprint density at radius 3 is 2.47 bits per heavy atom. The summed E-state index contributed by atoms with van der Waals surface area (Å²) in [6, 6.07) is 17.8. The largest absolute Gasteiger partial charge is 0.490 e. The van der Waals surface area contributed by atoms with Gasteiger partial charge in [-0.15, -0.1) is 0 Å². The van der Waals surface area contributed by atoms with Crippen LogP contribution in [0.3, 0.4) is 0 Å². The number of aromatic carboxylic acids is 1. The van der Waals surface area contributed by atoms with E-state index >= 15 is 0 Å². The van der Waals surface area contributed by atoms with Crippen molar-refractivity contribution in [3.05, 3.63) is 97.5 Å². The molecule has 0 amide bonds. The standard InChI is InChI=1S/C25H19BrN2O6/c1-2-33-23-13-17(10-20(14-27)18-6-8-19(9-7-18)25(29)30)12-22(26)24(23)34-15-16-4-3-5-21(11-16)28(31)32/h3-13H,2,15H2,1H3,(H,29,30)/b20-10-. The summed E-state index contributed by atoms with van der Waals surface area (Å²) in [4.78, 5) is 21.6. The lowest BCUT2D eigenvalue weighted by Gasteiger charge is -2.15. The van der Waals surface area contributed by atoms with Crippen LogP contribution in [-0.2, 0) is 6.61 Å². The third kappa shape index (κ3) is 5.99. The summed E-state index contributed by atoms with van der Waals surface area (Å²) in [6.07, 6.45) is 1.66. The van der Waals surface area contributed by atoms with Crippen molar-refractivity contribution < 1.29 is 24.3 Å². The fourth-order valence-corrected chi connectivity index (χ4v) is 3.70. The minimum Gasteiger partial charge on any atom is -0.490 e. The predicted octanol–water partition coefficient (Wildman–Crippen LogP) is 6.10. The number of nitro groups is 1. The molecule has 0 unspecified atom stereocenters. The van der Waals surface area contributed by atoms with Gasteiger partial charge in [0.2, 0.25) is 0 Å². The number of nitrogens with zero attached hydrogens (tertiary/aromatic N) is 2. The maximum Gasteiger partial charge on any atom is 0.335 e. The Hall–Kier alpha value is -4.16. The average Bonchev–Trinajstić information content (AvgIpc) is 2.82. The van der Waals surface area contributed by atoms with Gasteiger partial charge in [0, 0.05) is 12.1 Å². The molecule has 0 spiro atoms. The van der Waals surface area contributed by atoms with Gasteiger partial charge in [-0.1, -0.05) is 24.3 Å². The Morgan fingerprint density at radius 1 is 1.15 bits per heavy atom. The molecule has 0 aliphatic carbocycles. The van der Waals surface area contributed by atoms with Crippen molar-refractivity contribution in [2.75, 3.05) is 6.61 Å². The van der Waals surface area contributed by atoms with Crippen LogP contribution in [0.1, 0.15) is 34.0 Å². The summed E-state index contributed by atoms with van der Waals surface area (Å²) in [5, 5.41) is 29.7. The number of nitriles is 1. The Kier molecular flexibility index (Phi) is 8.01. The smallest absolute Gasteiger partial charge is 0.335 e. The van der Waals surface area contributed by atoms with Gasteiger partial charge in [-0.3, -0.25) is 10.1 Å². The van der Waals surface area contributed by atoms with Gasteiger partial charge in [-0.05, 0) is 69.9 Å². The molecule has 3 aromatic carbocycles. The molecule has 0 bridgehead atoms. The number of nitro benzene ring substituents is 1. The van der Waals surface area contributed by atoms with Gasteiger partial charge in [0.1, 0.15) is 6.61 Å². The molecule has 3 rings (SSSR count). The second-order valence-electron chi connectivity index (χ2n) is 7.03. The highest BCUT2D eigenvalue weighted by Crippen LogP contribution is 2.38. The van der Waals surface area contributed by atoms with Crippen LogP contribution in [0.2, 0.25) is 0 Å². The van der Waals surface area contributed by atoms with Crippen LogP contribution >= 0.6 is 15.9 Å². The zero-order chi connectivity index (χ0) is 24.7. The van der Waals surface area contributed by atoms with Gasteiger partial charge in [0.05, 0.1) is 33.2 Å². The quantitative estimate of drug-likeness (QED) is 0.156. The molecule has 172 valence electrons. The van der Waals surface area contributed by atoms with Crippen LogP contribution in [0.4, 0.5) is 5.69 Å². The summed E-state index contributed by atoms with van der Waals surface area (Å²) < 4.78 is 12.2. The van der Waals surface area contributed by atoms with E-state index in [0.29, 0.717) is 44.8 Å². The molecule has 9 heteroatoms. The lowest BCUT2D eigenvalue weighted by Crippen LogP contribution is -2.01. The Morgan fingerprint density at radius 2 is 1.85 bits per heavy atom. The van der Waals surface area contributed by atoms with Gasteiger partial charge in [0.25, 0.3) is 5.69 Å². The van der Waals surface area contributed by atoms with Gasteiger partial charge in [-0.25, -0.2) is 4.79 Å². The van der Waals surface area contributed by atoms with Crippen molar-refractivity contribution in [3.8, 4) is 17.6 Å². The van der Waals surface area contributed by atoms with E-state index < -0.39 is 10.9 Å². The van der Waals surface area contributed by atoms with Gasteiger partial charge < -0.3 is 14.6 Å². The lowest BCUT2D eigenvalue weighted by atomic mass is 10.0. The zero-order valence-corrected chi connectivity index (χ0v) is 19.6. The molecule has 3 aromatic rings. The first kappa shape index (κ1) is 24.5. The number of carbonyl (C=O) groups is 1. The number of halogens is 1. The minimum absolute atomic E-state index is 0.0221. The molecular formula is C25H19BrN2O6. The van der Waals surface area contributed by atoms with Crippen molar-refractivity contribution in [3.63, 3.8) is 0 Å². The molecule has 0 aliphatic rings. The van der Waals surface area contributed by atoms with E-state index in [1.54, 1.807) is 42.5 Å². The fourth-order valence-electron chi connectivity index (χ4n) is 3.13. The van der Waals surface area contributed by atoms with E-state index in [1.807, 2.05) is 6.92 Å². The number of allylic oxidation sites excluding steroid dienone is 1. The summed E-state index contributed by atoms with van der Waals surface area (Å²) in [6.45, 7) is 2.29. The first-order chi connectivity index (χ1) is 16.3. The number of ether oxygens (including phenoxy) is 2. The van der Waals surface area contributed by atoms with E-state index in [0.717, 1.165) is 0 Å². The third-order valence-corrected chi connectivity index (χ3v) is 5.30. The van der Waals surface area contributed by atoms with Crippen LogP contribution in [0.15, 0.2) is 65.1 Å². The molecule has 0 saturated carbocycles. The molecular weight excluding hydrogens is 504 g/mol. The van der Waals surface area contributed by atoms with Crippen LogP contribution in [0, 0.1) is 21.4 Å². The van der Waals surface area contributed by atoms with Crippen molar-refractivity contribution in [2.45, 2.75) is 13.5 Å². The highest BCUT2D eigenvalue weighted by atomic mass is 79.9. The molecule has 34 heavy (non-hydrogen) atoms. The molecule has 0 saturated heterocycles. The van der Waals surface area contributed by atoms with E-state index in [1.165, 1.54) is 24.3 Å². The molecule has 0 fully saturated rings. The molecule has 8 nitrogen and oxygen atoms in total. The Bertz CT molecular complexity index is 1300. The summed E-state index contributed by atoms with van der Waals surface area (Å²) in [5.74, 6) is -0.179. The van der Waals surface area contributed by atoms with Crippen molar-refractivity contribution in [1.29, 1.82) is 5.26 Å². The molecule has 0 aromatic heterocycles. The van der Waals surface area contributed by atoms with Crippen LogP contribution in [0.5, 0.6) is 11.5 Å². The highest BCUT2D eigenvalue weighted by Gasteiger charge is 2.14. The highest BCUT2D eigenvalue weighted by molar-refractivity contribution is 9.10. The number of carboxylic acids is 1. The number of non-ortho nitro benzene ring substituents is 1. The van der Waals surface area contributed by atoms with Gasteiger partial charge in [0.15, 0.2) is 11.5 Å². The van der Waals surface area contributed by atoms with Crippen molar-refractivity contribution in [2.24, 2.45) is 0 Å². The minimum atomic E-state index is -1.04. The monoisotopic (exact) mass is 522 g/mol. The van der Waals surface area contributed by atoms with Gasteiger partial charge >= 0.3 is 5.97 Å². The maximum absolute atomic E-state index is 11.1. The summed E-state index contributed by atoms with van der Waals surface area (Å²) >= 11 is 3.48. The predicted molar refractivity (Wildman–Crippen MR) is 130 cm³/mol. The first-order valence-electron chi connectivity index (χ1n) is 10.1. The number of benzene rings is 3. The van der Waals surface area contributed by atoms with E-state index in [2.05, 4.69) is 22.0 Å². The number of hydrogen-bond donors (Lipinski definition) is 1. The fraction of sp³-hybridized carbons (Fsp3) is 0.120. The molecule has 0 radical (unpaired) electrons. The SMILES string of the molecule is CCOc1cc(/C=C(/C#N)c2ccc(C(=O)O)cc2)cc(Br)c1OCc1cccc([N+](=O)[O-])c1. The second-order valence-corrected chi connectivity index (χ2v) is 7.89. The average molecular weight is 523 g/mol. The van der Waals surface area contributed by atoms with Crippen LogP contribution in [0.25, 0.3) is 11.6 Å². The molecule has 0 atom stereocenters. The second kappa shape index (κ2) is 11.1. The van der Waals surface area contributed by atoms with Crippen molar-refractivity contribution in [1.82, 2.24) is 0 Å². The molecule has 0 aliphatic heterocycles. The number of carboxylic acid groups (broad SMARTS) is 1. The number of hydrogen-bond acceptors (Lipinski definition) is 6. The Labute approximate surface area is 204 Å². The van der Waals surface area contributed by atoms with Gasteiger partial charge in [-0.2, -0.15) is 5.26 Å². The topological polar surface area (TPSA) is 123 Å². The Balaban J connectivity index is 1.90. The normalized spacial score (nSPS) is 10.9. The van der Waals surface area contributed by atoms with E-state index in [9.17, 15) is 20.2 Å².